The van der Waals surface area contributed by atoms with Crippen molar-refractivity contribution in [3.8, 4) is 11.5 Å². The zero-order chi connectivity index (χ0) is 22.4. The second-order valence-corrected chi connectivity index (χ2v) is 8.54. The average Bonchev–Trinajstić information content (AvgIpc) is 2.84. The summed E-state index contributed by atoms with van der Waals surface area (Å²) in [7, 11) is -4.02. The zero-order valence-corrected chi connectivity index (χ0v) is 17.7. The molecule has 0 saturated heterocycles. The van der Waals surface area contributed by atoms with Gasteiger partial charge in [-0.3, -0.25) is 4.79 Å². The molecule has 0 fully saturated rings. The van der Waals surface area contributed by atoms with Crippen LogP contribution in [0.4, 0.5) is 5.82 Å². The molecule has 0 bridgehead atoms. The molecule has 1 aromatic heterocycles. The minimum absolute atomic E-state index is 0.0509. The summed E-state index contributed by atoms with van der Waals surface area (Å²) in [6.45, 7) is 0.377. The Morgan fingerprint density at radius 2 is 1.81 bits per heavy atom. The van der Waals surface area contributed by atoms with Crippen molar-refractivity contribution in [2.24, 2.45) is 5.10 Å². The lowest BCUT2D eigenvalue weighted by Gasteiger charge is -2.22. The molecular formula is C22H20N4O5S. The first-order valence-electron chi connectivity index (χ1n) is 9.75. The van der Waals surface area contributed by atoms with Gasteiger partial charge in [-0.1, -0.05) is 30.3 Å². The van der Waals surface area contributed by atoms with Gasteiger partial charge in [-0.05, 0) is 36.4 Å². The SMILES string of the molecule is O=C(CN(c1ccccn1)S(=O)(=O)c1ccccc1)N/N=C\c1cccc2c1OCCO2. The molecule has 0 unspecified atom stereocenters. The first kappa shape index (κ1) is 21.3. The number of para-hydroxylation sites is 1. The van der Waals surface area contributed by atoms with E-state index < -0.39 is 22.5 Å². The largest absolute Gasteiger partial charge is 0.486 e. The summed E-state index contributed by atoms with van der Waals surface area (Å²) in [4.78, 5) is 16.7. The number of hydrogen-bond donors (Lipinski definition) is 1. The Hall–Kier alpha value is -3.92. The summed E-state index contributed by atoms with van der Waals surface area (Å²) in [5, 5.41) is 3.95. The average molecular weight is 452 g/mol. The van der Waals surface area contributed by atoms with Crippen LogP contribution in [-0.4, -0.2) is 45.3 Å². The Labute approximate surface area is 185 Å². The number of amides is 1. The number of hydrazone groups is 1. The highest BCUT2D eigenvalue weighted by Gasteiger charge is 2.27. The molecule has 0 aliphatic carbocycles. The molecule has 32 heavy (non-hydrogen) atoms. The van der Waals surface area contributed by atoms with Gasteiger partial charge in [-0.15, -0.1) is 0 Å². The number of rotatable bonds is 7. The lowest BCUT2D eigenvalue weighted by molar-refractivity contribution is -0.119. The van der Waals surface area contributed by atoms with Crippen LogP contribution in [-0.2, 0) is 14.8 Å². The molecule has 2 heterocycles. The van der Waals surface area contributed by atoms with Crippen molar-refractivity contribution in [1.29, 1.82) is 0 Å². The van der Waals surface area contributed by atoms with Gasteiger partial charge < -0.3 is 9.47 Å². The third kappa shape index (κ3) is 4.70. The quantitative estimate of drug-likeness (QED) is 0.435. The predicted octanol–water partition coefficient (Wildman–Crippen LogP) is 2.20. The number of nitrogens with one attached hydrogen (secondary N) is 1. The van der Waals surface area contributed by atoms with Crippen molar-refractivity contribution in [2.75, 3.05) is 24.1 Å². The topological polar surface area (TPSA) is 110 Å². The molecule has 0 radical (unpaired) electrons. The van der Waals surface area contributed by atoms with Crippen molar-refractivity contribution in [3.05, 3.63) is 78.5 Å². The van der Waals surface area contributed by atoms with Crippen molar-refractivity contribution in [3.63, 3.8) is 0 Å². The van der Waals surface area contributed by atoms with Crippen LogP contribution in [0, 0.1) is 0 Å². The molecule has 0 spiro atoms. The molecule has 10 heteroatoms. The van der Waals surface area contributed by atoms with E-state index in [4.69, 9.17) is 9.47 Å². The van der Waals surface area contributed by atoms with Gasteiger partial charge in [-0.25, -0.2) is 23.1 Å². The molecule has 0 saturated carbocycles. The number of benzene rings is 2. The molecule has 4 rings (SSSR count). The van der Waals surface area contributed by atoms with E-state index in [1.807, 2.05) is 0 Å². The molecule has 1 N–H and O–H groups in total. The van der Waals surface area contributed by atoms with Gasteiger partial charge in [0.15, 0.2) is 11.5 Å². The van der Waals surface area contributed by atoms with E-state index in [1.54, 1.807) is 48.5 Å². The van der Waals surface area contributed by atoms with Crippen molar-refractivity contribution >= 4 is 28.0 Å². The van der Waals surface area contributed by atoms with Crippen molar-refractivity contribution in [2.45, 2.75) is 4.90 Å². The standard InChI is InChI=1S/C22H20N4O5S/c27-21(25-24-15-17-7-6-10-19-22(17)31-14-13-30-19)16-26(20-11-4-5-12-23-20)32(28,29)18-8-2-1-3-9-18/h1-12,15H,13-14,16H2,(H,25,27)/b24-15-. The molecule has 1 aliphatic rings. The highest BCUT2D eigenvalue weighted by atomic mass is 32.2. The zero-order valence-electron chi connectivity index (χ0n) is 16.9. The van der Waals surface area contributed by atoms with E-state index in [1.165, 1.54) is 30.6 Å². The van der Waals surface area contributed by atoms with E-state index >= 15 is 0 Å². The fourth-order valence-corrected chi connectivity index (χ4v) is 4.44. The predicted molar refractivity (Wildman–Crippen MR) is 118 cm³/mol. The Bertz CT molecular complexity index is 1220. The number of hydrogen-bond acceptors (Lipinski definition) is 7. The smallest absolute Gasteiger partial charge is 0.265 e. The van der Waals surface area contributed by atoms with Crippen molar-refractivity contribution < 1.29 is 22.7 Å². The molecule has 1 amide bonds. The summed E-state index contributed by atoms with van der Waals surface area (Å²) in [6.07, 6.45) is 2.88. The maximum Gasteiger partial charge on any atom is 0.265 e. The fourth-order valence-electron chi connectivity index (χ4n) is 3.05. The maximum absolute atomic E-state index is 13.2. The minimum atomic E-state index is -4.02. The minimum Gasteiger partial charge on any atom is -0.486 e. The summed E-state index contributed by atoms with van der Waals surface area (Å²) < 4.78 is 38.4. The monoisotopic (exact) mass is 452 g/mol. The van der Waals surface area contributed by atoms with Crippen molar-refractivity contribution in [1.82, 2.24) is 10.4 Å². The van der Waals surface area contributed by atoms with E-state index in [9.17, 15) is 13.2 Å². The Kier molecular flexibility index (Phi) is 6.31. The van der Waals surface area contributed by atoms with Gasteiger partial charge in [0, 0.05) is 11.8 Å². The Morgan fingerprint density at radius 3 is 2.59 bits per heavy atom. The third-order valence-electron chi connectivity index (χ3n) is 4.51. The molecule has 0 atom stereocenters. The summed E-state index contributed by atoms with van der Waals surface area (Å²) in [5.41, 5.74) is 2.99. The lowest BCUT2D eigenvalue weighted by atomic mass is 10.2. The van der Waals surface area contributed by atoms with Crippen LogP contribution >= 0.6 is 0 Å². The molecule has 164 valence electrons. The second kappa shape index (κ2) is 9.48. The third-order valence-corrected chi connectivity index (χ3v) is 6.28. The molecular weight excluding hydrogens is 432 g/mol. The first-order valence-corrected chi connectivity index (χ1v) is 11.2. The van der Waals surface area contributed by atoms with Gasteiger partial charge in [0.1, 0.15) is 25.6 Å². The van der Waals surface area contributed by atoms with Gasteiger partial charge in [0.25, 0.3) is 15.9 Å². The van der Waals surface area contributed by atoms with Crippen LogP contribution in [0.2, 0.25) is 0 Å². The number of pyridine rings is 1. The van der Waals surface area contributed by atoms with E-state index in [0.717, 1.165) is 4.31 Å². The number of aromatic nitrogens is 1. The summed E-state index contributed by atoms with van der Waals surface area (Å²) in [6, 6.07) is 18.0. The van der Waals surface area contributed by atoms with Crippen LogP contribution in [0.1, 0.15) is 5.56 Å². The summed E-state index contributed by atoms with van der Waals surface area (Å²) in [5.74, 6) is 0.631. The molecule has 9 nitrogen and oxygen atoms in total. The second-order valence-electron chi connectivity index (χ2n) is 6.68. The van der Waals surface area contributed by atoms with Crippen LogP contribution in [0.25, 0.3) is 0 Å². The lowest BCUT2D eigenvalue weighted by Crippen LogP contribution is -2.40. The van der Waals surface area contributed by atoms with Crippen LogP contribution in [0.15, 0.2) is 82.9 Å². The van der Waals surface area contributed by atoms with Gasteiger partial charge in [0.2, 0.25) is 0 Å². The van der Waals surface area contributed by atoms with E-state index in [-0.39, 0.29) is 10.7 Å². The van der Waals surface area contributed by atoms with Gasteiger partial charge in [0.05, 0.1) is 11.1 Å². The Balaban J connectivity index is 1.52. The van der Waals surface area contributed by atoms with Crippen LogP contribution < -0.4 is 19.2 Å². The normalized spacial score (nSPS) is 13.0. The van der Waals surface area contributed by atoms with Gasteiger partial charge >= 0.3 is 0 Å². The molecule has 1 aliphatic heterocycles. The Morgan fingerprint density at radius 1 is 1.03 bits per heavy atom. The number of carbonyl (C=O) groups excluding carboxylic acids is 1. The molecule has 2 aromatic carbocycles. The maximum atomic E-state index is 13.2. The number of ether oxygens (including phenoxy) is 2. The van der Waals surface area contributed by atoms with Crippen LogP contribution in [0.5, 0.6) is 11.5 Å². The highest BCUT2D eigenvalue weighted by molar-refractivity contribution is 7.92. The van der Waals surface area contributed by atoms with Gasteiger partial charge in [-0.2, -0.15) is 5.10 Å². The molecule has 3 aromatic rings. The number of anilines is 1. The number of fused-ring (bicyclic) bond motifs is 1. The highest BCUT2D eigenvalue weighted by Crippen LogP contribution is 2.32. The van der Waals surface area contributed by atoms with Crippen LogP contribution in [0.3, 0.4) is 0 Å². The van der Waals surface area contributed by atoms with E-state index in [0.29, 0.717) is 30.3 Å². The number of sulfonamides is 1. The number of carbonyl (C=O) groups is 1. The summed E-state index contributed by atoms with van der Waals surface area (Å²) >= 11 is 0. The fraction of sp³-hybridized carbons (Fsp3) is 0.136. The van der Waals surface area contributed by atoms with E-state index in [2.05, 4.69) is 15.5 Å². The number of nitrogens with zero attached hydrogens (tertiary/aromatic N) is 3. The first-order chi connectivity index (χ1) is 15.6.